The van der Waals surface area contributed by atoms with E-state index in [4.69, 9.17) is 20.4 Å². The quantitative estimate of drug-likeness (QED) is 0.0119. The fourth-order valence-electron chi connectivity index (χ4n) is 10.5. The molecule has 2 aliphatic carbocycles. The van der Waals surface area contributed by atoms with Crippen molar-refractivity contribution in [1.82, 2.24) is 4.90 Å². The summed E-state index contributed by atoms with van der Waals surface area (Å²) in [6.07, 6.45) is 14.6. The maximum Gasteiger partial charge on any atom is 0.383 e. The van der Waals surface area contributed by atoms with Gasteiger partial charge in [0, 0.05) is 13.2 Å². The summed E-state index contributed by atoms with van der Waals surface area (Å²) in [6.45, 7) is 1.04. The van der Waals surface area contributed by atoms with E-state index in [1.807, 2.05) is 13.8 Å². The first kappa shape index (κ1) is 74.2. The molecule has 466 valence electrons. The van der Waals surface area contributed by atoms with Crippen molar-refractivity contribution >= 4 is 27.6 Å². The molecule has 2 rings (SSSR count). The maximum absolute atomic E-state index is 13.6. The summed E-state index contributed by atoms with van der Waals surface area (Å²) in [5.41, 5.74) is -10.2. The van der Waals surface area contributed by atoms with Crippen molar-refractivity contribution in [2.75, 3.05) is 13.2 Å². The van der Waals surface area contributed by atoms with Crippen LogP contribution >= 0.6 is 0 Å². The Morgan fingerprint density at radius 3 is 1.18 bits per heavy atom. The van der Waals surface area contributed by atoms with E-state index in [1.54, 1.807) is 0 Å². The van der Waals surface area contributed by atoms with E-state index in [-0.39, 0.29) is 37.5 Å². The lowest BCUT2D eigenvalue weighted by Crippen LogP contribution is -2.90. The SMILES string of the molecule is [B]C(O)(OC(=O)C(CCCCCCCC)CC1CCCCC1)C(O)(O)C(O)(O)C(O)(O)C(O)(O)C(O)(O)N(CCCCO)C(O)(O)C(O)(O)C(O)(O)C([B])(O)C(O)(O)C(O)(O)OC(=O)C(CCCCCCCC)CC1CCCCC1. The summed E-state index contributed by atoms with van der Waals surface area (Å²) in [5.74, 6) is -63.4. The first-order valence-corrected chi connectivity index (χ1v) is 27.9. The Labute approximate surface area is 467 Å². The fourth-order valence-corrected chi connectivity index (χ4v) is 10.5. The summed E-state index contributed by atoms with van der Waals surface area (Å²) in [5, 5.41) is 254. The van der Waals surface area contributed by atoms with Gasteiger partial charge in [0.1, 0.15) is 13.3 Å². The standard InChI is InChI=1S/C50H93B2NO27/c1-3-5-7-9-11-19-27-35(31-33-23-15-13-16-24-33)37(55)79-47(52,72)44(66,67)42(62,63)43(64,65)46(70,71)49(75,76)53(29-21-22-30-54)48(73,74)45(68,69)40(58,59)39(51,57)41(60,61)50(77,78)80-38(56)36(28-20-12-10-8-6-4-2)32-34-25-17-14-18-26-34/h33-36,54,57-78H,3-32H2,1-2H3. The topological polar surface area (TPSA) is 521 Å². The molecule has 30 heteroatoms. The molecule has 0 saturated heterocycles. The molecule has 80 heavy (non-hydrogen) atoms. The smallest absolute Gasteiger partial charge is 0.383 e. The van der Waals surface area contributed by atoms with E-state index in [0.717, 1.165) is 89.9 Å². The zero-order chi connectivity index (χ0) is 61.7. The van der Waals surface area contributed by atoms with Crippen LogP contribution in [0.2, 0.25) is 0 Å². The molecule has 23 N–H and O–H groups in total. The lowest BCUT2D eigenvalue weighted by atomic mass is 9.64. The van der Waals surface area contributed by atoms with E-state index < -0.39 is 124 Å². The zero-order valence-electron chi connectivity index (χ0n) is 46.0. The molecule has 0 aromatic heterocycles. The molecule has 0 bridgehead atoms. The van der Waals surface area contributed by atoms with Gasteiger partial charge in [0.15, 0.2) is 7.85 Å². The minimum atomic E-state index is -6.05. The normalized spacial score (nSPS) is 19.1. The Hall–Kier alpha value is -1.89. The molecule has 2 fully saturated rings. The number of aliphatic hydroxyl groups is 23. The van der Waals surface area contributed by atoms with Gasteiger partial charge in [0.2, 0.25) is 5.69 Å². The lowest BCUT2D eigenvalue weighted by molar-refractivity contribution is -0.593. The predicted molar refractivity (Wildman–Crippen MR) is 274 cm³/mol. The van der Waals surface area contributed by atoms with Crippen molar-refractivity contribution in [2.45, 2.75) is 263 Å². The van der Waals surface area contributed by atoms with Gasteiger partial charge in [-0.1, -0.05) is 155 Å². The molecule has 0 aromatic carbocycles. The van der Waals surface area contributed by atoms with Gasteiger partial charge >= 0.3 is 17.9 Å². The van der Waals surface area contributed by atoms with Crippen molar-refractivity contribution in [3.8, 4) is 0 Å². The van der Waals surface area contributed by atoms with Gasteiger partial charge in [-0.25, -0.2) is 0 Å². The number of nitrogens with zero attached hydrogens (tertiary/aromatic N) is 1. The van der Waals surface area contributed by atoms with Crippen molar-refractivity contribution < 1.29 is 137 Å². The molecule has 0 amide bonds. The second kappa shape index (κ2) is 29.5. The highest BCUT2D eigenvalue weighted by Gasteiger charge is 2.84. The molecule has 0 aromatic rings. The molecule has 0 aliphatic heterocycles. The van der Waals surface area contributed by atoms with Gasteiger partial charge < -0.3 is 127 Å². The number of carbonyl (C=O) groups is 2. The number of carbonyl (C=O) groups excluding carboxylic acids is 2. The maximum atomic E-state index is 13.6. The first-order valence-electron chi connectivity index (χ1n) is 27.9. The highest BCUT2D eigenvalue weighted by Crippen LogP contribution is 2.49. The van der Waals surface area contributed by atoms with Gasteiger partial charge in [-0.05, 0) is 50.4 Å². The lowest BCUT2D eigenvalue weighted by Gasteiger charge is -2.58. The predicted octanol–water partition coefficient (Wildman–Crippen LogP) is -4.83. The molecular formula is C50H93B2NO27. The van der Waals surface area contributed by atoms with E-state index in [0.29, 0.717) is 51.4 Å². The summed E-state index contributed by atoms with van der Waals surface area (Å²) >= 11 is 0. The van der Waals surface area contributed by atoms with Gasteiger partial charge in [-0.2, -0.15) is 4.90 Å². The minimum Gasteiger partial charge on any atom is -0.437 e. The molecule has 4 radical (unpaired) electrons. The Balaban J connectivity index is 2.63. The molecule has 2 aliphatic rings. The molecule has 0 spiro atoms. The third-order valence-corrected chi connectivity index (χ3v) is 16.1. The largest absolute Gasteiger partial charge is 0.437 e. The number of aliphatic hydroxyl groups excluding tert-OH is 1. The van der Waals surface area contributed by atoms with Crippen LogP contribution in [0.15, 0.2) is 0 Å². The van der Waals surface area contributed by atoms with Crippen LogP contribution in [-0.4, -0.2) is 233 Å². The molecule has 28 nitrogen and oxygen atoms in total. The Morgan fingerprint density at radius 1 is 0.438 bits per heavy atom. The molecule has 2 saturated carbocycles. The highest BCUT2D eigenvalue weighted by molar-refractivity contribution is 6.16. The average Bonchev–Trinajstić information content (AvgIpc) is 3.36. The van der Waals surface area contributed by atoms with E-state index >= 15 is 0 Å². The number of esters is 2. The summed E-state index contributed by atoms with van der Waals surface area (Å²) in [4.78, 5) is 25.7. The summed E-state index contributed by atoms with van der Waals surface area (Å²) < 4.78 is 9.25. The first-order chi connectivity index (χ1) is 36.5. The van der Waals surface area contributed by atoms with Crippen LogP contribution in [0.25, 0.3) is 0 Å². The molecular weight excluding hydrogens is 1070 g/mol. The van der Waals surface area contributed by atoms with E-state index in [9.17, 15) is 127 Å². The Morgan fingerprint density at radius 2 is 0.787 bits per heavy atom. The second-order valence-electron chi connectivity index (χ2n) is 22.5. The molecule has 4 unspecified atom stereocenters. The zero-order valence-corrected chi connectivity index (χ0v) is 46.0. The Kier molecular flexibility index (Phi) is 27.3. The summed E-state index contributed by atoms with van der Waals surface area (Å²) in [7, 11) is 10.8. The van der Waals surface area contributed by atoms with Crippen molar-refractivity contribution in [1.29, 1.82) is 0 Å². The van der Waals surface area contributed by atoms with Crippen LogP contribution in [0.4, 0.5) is 0 Å². The van der Waals surface area contributed by atoms with Crippen LogP contribution in [0, 0.1) is 23.7 Å². The van der Waals surface area contributed by atoms with Crippen LogP contribution in [0.1, 0.15) is 194 Å². The van der Waals surface area contributed by atoms with Gasteiger partial charge in [0.05, 0.1) is 11.8 Å². The van der Waals surface area contributed by atoms with Gasteiger partial charge in [-0.15, -0.1) is 0 Å². The van der Waals surface area contributed by atoms with Crippen LogP contribution in [0.3, 0.4) is 0 Å². The molecule has 4 atom stereocenters. The van der Waals surface area contributed by atoms with E-state index in [1.165, 1.54) is 0 Å². The van der Waals surface area contributed by atoms with Crippen molar-refractivity contribution in [3.63, 3.8) is 0 Å². The minimum absolute atomic E-state index is 0.00840. The average molecular weight is 1160 g/mol. The van der Waals surface area contributed by atoms with Crippen LogP contribution in [-0.2, 0) is 19.1 Å². The number of hydrogen-bond acceptors (Lipinski definition) is 28. The number of unbranched alkanes of at least 4 members (excludes halogenated alkanes) is 11. The van der Waals surface area contributed by atoms with Crippen LogP contribution < -0.4 is 0 Å². The number of hydrogen-bond donors (Lipinski definition) is 23. The fraction of sp³-hybridized carbons (Fsp3) is 0.960. The third kappa shape index (κ3) is 16.1. The number of rotatable bonds is 38. The van der Waals surface area contributed by atoms with Crippen molar-refractivity contribution in [2.24, 2.45) is 23.7 Å². The van der Waals surface area contributed by atoms with Gasteiger partial charge in [-0.3, -0.25) is 9.59 Å². The van der Waals surface area contributed by atoms with Gasteiger partial charge in [0.25, 0.3) is 52.3 Å². The van der Waals surface area contributed by atoms with Crippen LogP contribution in [0.5, 0.6) is 0 Å². The monoisotopic (exact) mass is 1160 g/mol. The third-order valence-electron chi connectivity index (χ3n) is 16.1. The van der Waals surface area contributed by atoms with Crippen molar-refractivity contribution in [3.05, 3.63) is 0 Å². The molecule has 0 heterocycles. The second-order valence-corrected chi connectivity index (χ2v) is 22.5. The number of ether oxygens (including phenoxy) is 2. The van der Waals surface area contributed by atoms with E-state index in [2.05, 4.69) is 4.74 Å². The highest BCUT2D eigenvalue weighted by atomic mass is 16.8. The summed E-state index contributed by atoms with van der Waals surface area (Å²) in [6, 6.07) is 0. The Bertz CT molecular complexity index is 1740.